The molecular formula is C14H19NO5. The van der Waals surface area contributed by atoms with Crippen LogP contribution in [0.15, 0.2) is 24.3 Å². The average molecular weight is 281 g/mol. The summed E-state index contributed by atoms with van der Waals surface area (Å²) in [5.41, 5.74) is 0.483. The maximum atomic E-state index is 12.0. The molecule has 6 nitrogen and oxygen atoms in total. The van der Waals surface area contributed by atoms with Gasteiger partial charge < -0.3 is 25.0 Å². The number of benzene rings is 1. The maximum absolute atomic E-state index is 12.0. The molecule has 1 saturated heterocycles. The molecule has 20 heavy (non-hydrogen) atoms. The second-order valence-electron chi connectivity index (χ2n) is 4.80. The molecule has 0 saturated carbocycles. The third kappa shape index (κ3) is 3.47. The van der Waals surface area contributed by atoms with Crippen LogP contribution >= 0.6 is 0 Å². The van der Waals surface area contributed by atoms with Gasteiger partial charge in [0.1, 0.15) is 11.9 Å². The Hall–Kier alpha value is -1.63. The molecule has 6 heteroatoms. The van der Waals surface area contributed by atoms with Gasteiger partial charge in [-0.3, -0.25) is 4.79 Å². The molecule has 1 amide bonds. The molecule has 1 heterocycles. The van der Waals surface area contributed by atoms with Crippen LogP contribution in [0.5, 0.6) is 5.75 Å². The summed E-state index contributed by atoms with van der Waals surface area (Å²) in [7, 11) is 1.54. The first-order chi connectivity index (χ1) is 9.61. The lowest BCUT2D eigenvalue weighted by Crippen LogP contribution is -2.48. The van der Waals surface area contributed by atoms with E-state index in [4.69, 9.17) is 9.47 Å². The van der Waals surface area contributed by atoms with Crippen molar-refractivity contribution in [2.24, 2.45) is 5.92 Å². The fraction of sp³-hybridized carbons (Fsp3) is 0.500. The molecule has 1 aliphatic rings. The Kier molecular flexibility index (Phi) is 4.94. The lowest BCUT2D eigenvalue weighted by molar-refractivity contribution is -0.118. The van der Waals surface area contributed by atoms with Crippen molar-refractivity contribution < 1.29 is 24.5 Å². The number of rotatable bonds is 4. The van der Waals surface area contributed by atoms with Crippen LogP contribution in [0, 0.1) is 5.92 Å². The number of hydrogen-bond donors (Lipinski definition) is 3. The predicted molar refractivity (Wildman–Crippen MR) is 71.6 cm³/mol. The number of aliphatic hydroxyl groups excluding tert-OH is 2. The van der Waals surface area contributed by atoms with Crippen LogP contribution < -0.4 is 10.1 Å². The minimum Gasteiger partial charge on any atom is -0.497 e. The van der Waals surface area contributed by atoms with E-state index >= 15 is 0 Å². The molecule has 0 aliphatic carbocycles. The van der Waals surface area contributed by atoms with Crippen molar-refractivity contribution in [2.75, 3.05) is 26.9 Å². The minimum absolute atomic E-state index is 0.126. The summed E-state index contributed by atoms with van der Waals surface area (Å²) in [5.74, 6) is 0.0403. The molecule has 0 bridgehead atoms. The maximum Gasteiger partial charge on any atom is 0.251 e. The molecule has 2 rings (SSSR count). The van der Waals surface area contributed by atoms with Crippen molar-refractivity contribution in [3.8, 4) is 5.75 Å². The van der Waals surface area contributed by atoms with Crippen LogP contribution in [0.2, 0.25) is 0 Å². The van der Waals surface area contributed by atoms with E-state index in [0.29, 0.717) is 17.9 Å². The highest BCUT2D eigenvalue weighted by Crippen LogP contribution is 2.15. The van der Waals surface area contributed by atoms with Crippen LogP contribution in [-0.4, -0.2) is 55.2 Å². The van der Waals surface area contributed by atoms with Gasteiger partial charge in [-0.25, -0.2) is 0 Å². The molecule has 0 aromatic heterocycles. The number of hydrogen-bond acceptors (Lipinski definition) is 5. The molecule has 1 aliphatic heterocycles. The largest absolute Gasteiger partial charge is 0.497 e. The Morgan fingerprint density at radius 2 is 2.25 bits per heavy atom. The molecule has 3 atom stereocenters. The average Bonchev–Trinajstić information content (AvgIpc) is 2.48. The van der Waals surface area contributed by atoms with Crippen LogP contribution in [0.1, 0.15) is 10.4 Å². The van der Waals surface area contributed by atoms with Crippen LogP contribution in [-0.2, 0) is 4.74 Å². The van der Waals surface area contributed by atoms with Crippen molar-refractivity contribution in [3.05, 3.63) is 29.8 Å². The summed E-state index contributed by atoms with van der Waals surface area (Å²) in [5, 5.41) is 22.0. The fourth-order valence-electron chi connectivity index (χ4n) is 2.12. The third-order valence-corrected chi connectivity index (χ3v) is 3.35. The highest BCUT2D eigenvalue weighted by atomic mass is 16.5. The minimum atomic E-state index is -0.900. The summed E-state index contributed by atoms with van der Waals surface area (Å²) in [6, 6.07) is 6.81. The van der Waals surface area contributed by atoms with E-state index in [1.807, 2.05) is 0 Å². The van der Waals surface area contributed by atoms with Crippen LogP contribution in [0.4, 0.5) is 0 Å². The molecule has 0 radical (unpaired) electrons. The van der Waals surface area contributed by atoms with Crippen molar-refractivity contribution in [3.63, 3.8) is 0 Å². The first kappa shape index (κ1) is 14.8. The van der Waals surface area contributed by atoms with Crippen molar-refractivity contribution in [1.82, 2.24) is 5.32 Å². The van der Waals surface area contributed by atoms with Gasteiger partial charge in [-0.05, 0) is 18.2 Å². The van der Waals surface area contributed by atoms with E-state index < -0.39 is 12.2 Å². The van der Waals surface area contributed by atoms with Gasteiger partial charge in [0.25, 0.3) is 5.91 Å². The van der Waals surface area contributed by atoms with Gasteiger partial charge in [0.15, 0.2) is 0 Å². The number of methoxy groups -OCH3 is 1. The summed E-state index contributed by atoms with van der Waals surface area (Å²) >= 11 is 0. The second kappa shape index (κ2) is 6.69. The number of ether oxygens (including phenoxy) is 2. The van der Waals surface area contributed by atoms with Gasteiger partial charge in [0, 0.05) is 18.0 Å². The van der Waals surface area contributed by atoms with Crippen molar-refractivity contribution in [2.45, 2.75) is 12.2 Å². The Bertz CT molecular complexity index is 465. The molecule has 1 aromatic carbocycles. The van der Waals surface area contributed by atoms with Crippen molar-refractivity contribution in [1.29, 1.82) is 0 Å². The number of nitrogens with one attached hydrogen (secondary N) is 1. The van der Waals surface area contributed by atoms with Gasteiger partial charge in [0.2, 0.25) is 0 Å². The first-order valence-electron chi connectivity index (χ1n) is 6.48. The van der Waals surface area contributed by atoms with E-state index in [1.54, 1.807) is 24.3 Å². The molecule has 1 aromatic rings. The SMILES string of the molecule is COc1cccc(C(=O)NC[C@@H]2COC[C@@H](O)[C@H]2O)c1. The molecular weight excluding hydrogens is 262 g/mol. The highest BCUT2D eigenvalue weighted by Gasteiger charge is 2.31. The topological polar surface area (TPSA) is 88.0 Å². The van der Waals surface area contributed by atoms with Crippen LogP contribution in [0.25, 0.3) is 0 Å². The zero-order valence-electron chi connectivity index (χ0n) is 11.3. The summed E-state index contributed by atoms with van der Waals surface area (Å²) in [6.07, 6.45) is -1.78. The lowest BCUT2D eigenvalue weighted by Gasteiger charge is -2.31. The second-order valence-corrected chi connectivity index (χ2v) is 4.80. The van der Waals surface area contributed by atoms with Gasteiger partial charge >= 0.3 is 0 Å². The number of carbonyl (C=O) groups excluding carboxylic acids is 1. The molecule has 0 spiro atoms. The van der Waals surface area contributed by atoms with Crippen molar-refractivity contribution >= 4 is 5.91 Å². The van der Waals surface area contributed by atoms with Crippen LogP contribution in [0.3, 0.4) is 0 Å². The van der Waals surface area contributed by atoms with E-state index in [1.165, 1.54) is 7.11 Å². The predicted octanol–water partition coefficient (Wildman–Crippen LogP) is -0.207. The smallest absolute Gasteiger partial charge is 0.251 e. The Balaban J connectivity index is 1.91. The standard InChI is InChI=1S/C14H19NO5/c1-19-11-4-2-3-9(5-11)14(18)15-6-10-7-20-8-12(16)13(10)17/h2-5,10,12-13,16-17H,6-8H2,1H3,(H,15,18)/t10-,12-,13+/m1/s1. The Morgan fingerprint density at radius 1 is 1.45 bits per heavy atom. The zero-order valence-corrected chi connectivity index (χ0v) is 11.3. The highest BCUT2D eigenvalue weighted by molar-refractivity contribution is 5.94. The molecule has 0 unspecified atom stereocenters. The monoisotopic (exact) mass is 281 g/mol. The van der Waals surface area contributed by atoms with Gasteiger partial charge in [-0.2, -0.15) is 0 Å². The number of aliphatic hydroxyl groups is 2. The van der Waals surface area contributed by atoms with Gasteiger partial charge in [0.05, 0.1) is 26.4 Å². The number of carbonyl (C=O) groups is 1. The molecule has 3 N–H and O–H groups in total. The van der Waals surface area contributed by atoms with E-state index in [-0.39, 0.29) is 25.0 Å². The fourth-order valence-corrected chi connectivity index (χ4v) is 2.12. The first-order valence-corrected chi connectivity index (χ1v) is 6.48. The van der Waals surface area contributed by atoms with E-state index in [0.717, 1.165) is 0 Å². The normalized spacial score (nSPS) is 26.1. The number of amides is 1. The summed E-state index contributed by atoms with van der Waals surface area (Å²) < 4.78 is 10.2. The quantitative estimate of drug-likeness (QED) is 0.711. The van der Waals surface area contributed by atoms with Gasteiger partial charge in [-0.1, -0.05) is 6.07 Å². The molecule has 1 fully saturated rings. The van der Waals surface area contributed by atoms with Gasteiger partial charge in [-0.15, -0.1) is 0 Å². The molecule has 110 valence electrons. The summed E-state index contributed by atoms with van der Waals surface area (Å²) in [4.78, 5) is 12.0. The Morgan fingerprint density at radius 3 is 3.00 bits per heavy atom. The van der Waals surface area contributed by atoms with E-state index in [9.17, 15) is 15.0 Å². The zero-order chi connectivity index (χ0) is 14.5. The Labute approximate surface area is 117 Å². The summed E-state index contributed by atoms with van der Waals surface area (Å²) in [6.45, 7) is 0.687. The lowest BCUT2D eigenvalue weighted by atomic mass is 9.96. The van der Waals surface area contributed by atoms with E-state index in [2.05, 4.69) is 5.32 Å². The third-order valence-electron chi connectivity index (χ3n) is 3.35.